The predicted octanol–water partition coefficient (Wildman–Crippen LogP) is 3.09. The van der Waals surface area contributed by atoms with Crippen LogP contribution in [-0.4, -0.2) is 18.1 Å². The minimum atomic E-state index is -0.302. The SMILES string of the molecule is COC(=O)Cc1csc(COc2ccccc2Cl)n1. The zero-order valence-corrected chi connectivity index (χ0v) is 11.8. The van der Waals surface area contributed by atoms with Gasteiger partial charge in [0.05, 0.1) is 24.2 Å². The van der Waals surface area contributed by atoms with Crippen LogP contribution in [0.5, 0.6) is 5.75 Å². The van der Waals surface area contributed by atoms with E-state index in [1.54, 1.807) is 12.1 Å². The zero-order chi connectivity index (χ0) is 13.7. The van der Waals surface area contributed by atoms with Crippen LogP contribution in [0.4, 0.5) is 0 Å². The van der Waals surface area contributed by atoms with Crippen LogP contribution in [0.1, 0.15) is 10.7 Å². The summed E-state index contributed by atoms with van der Waals surface area (Å²) in [6.45, 7) is 0.329. The largest absolute Gasteiger partial charge is 0.485 e. The van der Waals surface area contributed by atoms with Crippen molar-refractivity contribution in [1.29, 1.82) is 0 Å². The molecule has 2 aromatic rings. The molecule has 0 bridgehead atoms. The van der Waals surface area contributed by atoms with Crippen molar-refractivity contribution in [3.8, 4) is 5.75 Å². The van der Waals surface area contributed by atoms with Crippen molar-refractivity contribution in [3.05, 3.63) is 45.4 Å². The van der Waals surface area contributed by atoms with Crippen molar-refractivity contribution in [2.24, 2.45) is 0 Å². The third-order valence-corrected chi connectivity index (χ3v) is 3.52. The molecule has 100 valence electrons. The first-order chi connectivity index (χ1) is 9.19. The number of rotatable bonds is 5. The van der Waals surface area contributed by atoms with Gasteiger partial charge in [-0.05, 0) is 12.1 Å². The fraction of sp³-hybridized carbons (Fsp3) is 0.231. The maximum absolute atomic E-state index is 11.1. The number of benzene rings is 1. The summed E-state index contributed by atoms with van der Waals surface area (Å²) in [6.07, 6.45) is 0.180. The first kappa shape index (κ1) is 13.8. The number of nitrogens with zero attached hydrogens (tertiary/aromatic N) is 1. The van der Waals surface area contributed by atoms with E-state index in [9.17, 15) is 4.79 Å². The molecule has 0 radical (unpaired) electrons. The third-order valence-electron chi connectivity index (χ3n) is 2.34. The van der Waals surface area contributed by atoms with E-state index in [0.29, 0.717) is 23.1 Å². The Kier molecular flexibility index (Phi) is 4.76. The van der Waals surface area contributed by atoms with Crippen molar-refractivity contribution in [1.82, 2.24) is 4.98 Å². The van der Waals surface area contributed by atoms with Crippen LogP contribution in [0.15, 0.2) is 29.6 Å². The lowest BCUT2D eigenvalue weighted by Gasteiger charge is -2.05. The summed E-state index contributed by atoms with van der Waals surface area (Å²) in [4.78, 5) is 15.4. The van der Waals surface area contributed by atoms with Crippen molar-refractivity contribution in [2.45, 2.75) is 13.0 Å². The van der Waals surface area contributed by atoms with E-state index in [-0.39, 0.29) is 12.4 Å². The predicted molar refractivity (Wildman–Crippen MR) is 73.6 cm³/mol. The average Bonchev–Trinajstić information content (AvgIpc) is 2.85. The van der Waals surface area contributed by atoms with Crippen molar-refractivity contribution in [2.75, 3.05) is 7.11 Å². The average molecular weight is 298 g/mol. The molecule has 0 aliphatic heterocycles. The van der Waals surface area contributed by atoms with Crippen LogP contribution in [0.2, 0.25) is 5.02 Å². The van der Waals surface area contributed by atoms with Crippen LogP contribution in [0.25, 0.3) is 0 Å². The Balaban J connectivity index is 1.94. The van der Waals surface area contributed by atoms with Crippen molar-refractivity contribution in [3.63, 3.8) is 0 Å². The van der Waals surface area contributed by atoms with E-state index < -0.39 is 0 Å². The quantitative estimate of drug-likeness (QED) is 0.796. The maximum Gasteiger partial charge on any atom is 0.311 e. The molecule has 1 heterocycles. The summed E-state index contributed by atoms with van der Waals surface area (Å²) in [5.41, 5.74) is 0.689. The second kappa shape index (κ2) is 6.54. The zero-order valence-electron chi connectivity index (χ0n) is 10.3. The van der Waals surface area contributed by atoms with Gasteiger partial charge in [0.25, 0.3) is 0 Å². The normalized spacial score (nSPS) is 10.2. The fourth-order valence-corrected chi connectivity index (χ4v) is 2.31. The molecule has 0 atom stereocenters. The van der Waals surface area contributed by atoms with Crippen LogP contribution in [-0.2, 0) is 22.6 Å². The number of ether oxygens (including phenoxy) is 2. The summed E-state index contributed by atoms with van der Waals surface area (Å²) in [5, 5.41) is 3.18. The van der Waals surface area contributed by atoms with Gasteiger partial charge < -0.3 is 9.47 Å². The smallest absolute Gasteiger partial charge is 0.311 e. The van der Waals surface area contributed by atoms with Gasteiger partial charge in [-0.25, -0.2) is 4.98 Å². The summed E-state index contributed by atoms with van der Waals surface area (Å²) in [6, 6.07) is 7.26. The van der Waals surface area contributed by atoms with Gasteiger partial charge in [-0.3, -0.25) is 4.79 Å². The number of hydrogen-bond acceptors (Lipinski definition) is 5. The Labute approximate surface area is 120 Å². The van der Waals surface area contributed by atoms with Crippen LogP contribution >= 0.6 is 22.9 Å². The number of carbonyl (C=O) groups excluding carboxylic acids is 1. The fourth-order valence-electron chi connectivity index (χ4n) is 1.42. The van der Waals surface area contributed by atoms with E-state index in [4.69, 9.17) is 16.3 Å². The van der Waals surface area contributed by atoms with Crippen LogP contribution in [0, 0.1) is 0 Å². The minimum Gasteiger partial charge on any atom is -0.485 e. The lowest BCUT2D eigenvalue weighted by atomic mass is 10.3. The summed E-state index contributed by atoms with van der Waals surface area (Å²) >= 11 is 7.42. The highest BCUT2D eigenvalue weighted by molar-refractivity contribution is 7.09. The second-order valence-corrected chi connectivity index (χ2v) is 5.05. The molecule has 0 aliphatic carbocycles. The van der Waals surface area contributed by atoms with Crippen molar-refractivity contribution < 1.29 is 14.3 Å². The van der Waals surface area contributed by atoms with Gasteiger partial charge in [0.15, 0.2) is 0 Å². The molecule has 0 fully saturated rings. The van der Waals surface area contributed by atoms with Gasteiger partial charge >= 0.3 is 5.97 Å². The highest BCUT2D eigenvalue weighted by Crippen LogP contribution is 2.24. The number of halogens is 1. The summed E-state index contributed by atoms with van der Waals surface area (Å²) < 4.78 is 10.2. The Morgan fingerprint density at radius 3 is 2.95 bits per heavy atom. The monoisotopic (exact) mass is 297 g/mol. The molecule has 0 saturated heterocycles. The van der Waals surface area contributed by atoms with E-state index in [0.717, 1.165) is 5.01 Å². The van der Waals surface area contributed by atoms with Gasteiger partial charge in [-0.15, -0.1) is 11.3 Å². The van der Waals surface area contributed by atoms with Crippen molar-refractivity contribution >= 4 is 28.9 Å². The molecule has 19 heavy (non-hydrogen) atoms. The number of esters is 1. The number of para-hydroxylation sites is 1. The van der Waals surface area contributed by atoms with E-state index in [2.05, 4.69) is 9.72 Å². The van der Waals surface area contributed by atoms with Gasteiger partial charge in [0, 0.05) is 5.38 Å². The Morgan fingerprint density at radius 2 is 2.21 bits per heavy atom. The van der Waals surface area contributed by atoms with Crippen LogP contribution < -0.4 is 4.74 Å². The molecular weight excluding hydrogens is 286 g/mol. The molecule has 0 amide bonds. The highest BCUT2D eigenvalue weighted by atomic mass is 35.5. The first-order valence-corrected chi connectivity index (χ1v) is 6.82. The highest BCUT2D eigenvalue weighted by Gasteiger charge is 2.08. The number of methoxy groups -OCH3 is 1. The van der Waals surface area contributed by atoms with Gasteiger partial charge in [-0.2, -0.15) is 0 Å². The molecule has 1 aromatic carbocycles. The first-order valence-electron chi connectivity index (χ1n) is 5.56. The van der Waals surface area contributed by atoms with E-state index in [1.165, 1.54) is 18.4 Å². The molecule has 2 rings (SSSR count). The lowest BCUT2D eigenvalue weighted by molar-refractivity contribution is -0.139. The Morgan fingerprint density at radius 1 is 1.42 bits per heavy atom. The second-order valence-electron chi connectivity index (χ2n) is 3.70. The molecule has 0 unspecified atom stereocenters. The molecular formula is C13H12ClNO3S. The number of carbonyl (C=O) groups is 1. The maximum atomic E-state index is 11.1. The number of aromatic nitrogens is 1. The molecule has 0 aliphatic rings. The van der Waals surface area contributed by atoms with E-state index in [1.807, 2.05) is 17.5 Å². The molecule has 0 saturated carbocycles. The van der Waals surface area contributed by atoms with Gasteiger partial charge in [-0.1, -0.05) is 23.7 Å². The number of hydrogen-bond donors (Lipinski definition) is 0. The summed E-state index contributed by atoms with van der Waals surface area (Å²) in [5.74, 6) is 0.317. The Bertz CT molecular complexity index is 571. The molecule has 0 spiro atoms. The molecule has 4 nitrogen and oxygen atoms in total. The molecule has 6 heteroatoms. The van der Waals surface area contributed by atoms with Crippen LogP contribution in [0.3, 0.4) is 0 Å². The topological polar surface area (TPSA) is 48.4 Å². The Hall–Kier alpha value is -1.59. The standard InChI is InChI=1S/C13H12ClNO3S/c1-17-13(16)6-9-8-19-12(15-9)7-18-11-5-3-2-4-10(11)14/h2-5,8H,6-7H2,1H3. The van der Waals surface area contributed by atoms with Gasteiger partial charge in [0.1, 0.15) is 17.4 Å². The van der Waals surface area contributed by atoms with Gasteiger partial charge in [0.2, 0.25) is 0 Å². The third kappa shape index (κ3) is 3.94. The molecule has 1 aromatic heterocycles. The van der Waals surface area contributed by atoms with E-state index >= 15 is 0 Å². The molecule has 0 N–H and O–H groups in total. The minimum absolute atomic E-state index is 0.180. The number of thiazole rings is 1. The lowest BCUT2D eigenvalue weighted by Crippen LogP contribution is -2.05. The summed E-state index contributed by atoms with van der Waals surface area (Å²) in [7, 11) is 1.36.